The van der Waals surface area contributed by atoms with Crippen molar-refractivity contribution in [3.63, 3.8) is 0 Å². The van der Waals surface area contributed by atoms with Crippen molar-refractivity contribution in [3.05, 3.63) is 47.1 Å². The maximum absolute atomic E-state index is 11.5. The van der Waals surface area contributed by atoms with Gasteiger partial charge in [0.05, 0.1) is 0 Å². The summed E-state index contributed by atoms with van der Waals surface area (Å²) < 4.78 is 0. The molecule has 0 saturated heterocycles. The van der Waals surface area contributed by atoms with Crippen molar-refractivity contribution in [2.24, 2.45) is 29.4 Å². The molecule has 0 aromatic rings. The lowest BCUT2D eigenvalue weighted by Crippen LogP contribution is -2.32. The average molecular weight is 281 g/mol. The highest BCUT2D eigenvalue weighted by Crippen LogP contribution is 2.48. The number of nitrogens with two attached hydrogens (primary N) is 1. The van der Waals surface area contributed by atoms with E-state index < -0.39 is 0 Å². The first-order valence-corrected chi connectivity index (χ1v) is 8.29. The van der Waals surface area contributed by atoms with Crippen LogP contribution in [0.2, 0.25) is 0 Å². The summed E-state index contributed by atoms with van der Waals surface area (Å²) in [7, 11) is 0. The summed E-state index contributed by atoms with van der Waals surface area (Å²) in [4.78, 5) is 11.5. The number of amides is 1. The zero-order valence-electron chi connectivity index (χ0n) is 12.4. The largest absolute Gasteiger partial charge is 0.369 e. The molecule has 2 N–H and O–H groups in total. The van der Waals surface area contributed by atoms with Gasteiger partial charge in [0.25, 0.3) is 0 Å². The van der Waals surface area contributed by atoms with E-state index in [0.29, 0.717) is 5.92 Å². The molecular weight excluding hydrogens is 258 g/mol. The lowest BCUT2D eigenvalue weighted by Gasteiger charge is -2.40. The fourth-order valence-electron chi connectivity index (χ4n) is 4.66. The van der Waals surface area contributed by atoms with Crippen molar-refractivity contribution in [1.29, 1.82) is 0 Å². The second-order valence-corrected chi connectivity index (χ2v) is 7.14. The molecule has 0 aromatic carbocycles. The van der Waals surface area contributed by atoms with Gasteiger partial charge in [-0.25, -0.2) is 0 Å². The Balaban J connectivity index is 1.64. The first kappa shape index (κ1) is 13.1. The van der Waals surface area contributed by atoms with Crippen LogP contribution in [0.4, 0.5) is 0 Å². The van der Waals surface area contributed by atoms with Crippen LogP contribution in [0.5, 0.6) is 0 Å². The van der Waals surface area contributed by atoms with Gasteiger partial charge < -0.3 is 5.73 Å². The molecule has 2 nitrogen and oxygen atoms in total. The summed E-state index contributed by atoms with van der Waals surface area (Å²) in [6.07, 6.45) is 18.4. The van der Waals surface area contributed by atoms with Gasteiger partial charge in [0.1, 0.15) is 0 Å². The lowest BCUT2D eigenvalue weighted by atomic mass is 9.64. The van der Waals surface area contributed by atoms with Gasteiger partial charge in [0, 0.05) is 5.92 Å². The quantitative estimate of drug-likeness (QED) is 0.783. The van der Waals surface area contributed by atoms with Gasteiger partial charge in [-0.1, -0.05) is 36.0 Å². The van der Waals surface area contributed by atoms with Crippen LogP contribution in [0, 0.1) is 23.7 Å². The molecule has 0 bridgehead atoms. The normalized spacial score (nSPS) is 37.4. The van der Waals surface area contributed by atoms with Crippen molar-refractivity contribution in [2.45, 2.75) is 38.5 Å². The Morgan fingerprint density at radius 3 is 2.76 bits per heavy atom. The minimum absolute atomic E-state index is 0.0674. The number of allylic oxidation sites excluding steroid dienone is 8. The van der Waals surface area contributed by atoms with Gasteiger partial charge in [-0.05, 0) is 67.4 Å². The van der Waals surface area contributed by atoms with E-state index in [1.807, 2.05) is 0 Å². The van der Waals surface area contributed by atoms with Crippen LogP contribution in [-0.2, 0) is 4.79 Å². The van der Waals surface area contributed by atoms with E-state index in [1.165, 1.54) is 36.0 Å². The maximum Gasteiger partial charge on any atom is 0.220 e. The SMILES string of the molecule is NC(=O)C1CCC2CC3CC4CC=CC=C4C=C3C=C2C1. The highest BCUT2D eigenvalue weighted by Gasteiger charge is 2.36. The second-order valence-electron chi connectivity index (χ2n) is 7.14. The fourth-order valence-corrected chi connectivity index (χ4v) is 4.66. The van der Waals surface area contributed by atoms with E-state index in [9.17, 15) is 4.79 Å². The van der Waals surface area contributed by atoms with E-state index >= 15 is 0 Å². The summed E-state index contributed by atoms with van der Waals surface area (Å²) >= 11 is 0. The summed E-state index contributed by atoms with van der Waals surface area (Å²) in [5.74, 6) is 2.12. The highest BCUT2D eigenvalue weighted by atomic mass is 16.1. The molecule has 110 valence electrons. The third-order valence-electron chi connectivity index (χ3n) is 5.88. The fraction of sp³-hybridized carbons (Fsp3) is 0.526. The van der Waals surface area contributed by atoms with Crippen LogP contribution in [0.3, 0.4) is 0 Å². The Bertz CT molecular complexity index is 593. The molecule has 1 amide bonds. The first-order valence-electron chi connectivity index (χ1n) is 8.29. The van der Waals surface area contributed by atoms with Gasteiger partial charge >= 0.3 is 0 Å². The molecule has 4 atom stereocenters. The van der Waals surface area contributed by atoms with Gasteiger partial charge in [0.15, 0.2) is 0 Å². The highest BCUT2D eigenvalue weighted by molar-refractivity contribution is 5.77. The number of carbonyl (C=O) groups excluding carboxylic acids is 1. The Kier molecular flexibility index (Phi) is 3.13. The van der Waals surface area contributed by atoms with Gasteiger partial charge in [-0.15, -0.1) is 0 Å². The van der Waals surface area contributed by atoms with Gasteiger partial charge in [-0.2, -0.15) is 0 Å². The standard InChI is InChI=1S/C19H23NO/c20-19(21)15-6-5-14-9-17-7-12-3-1-2-4-13(12)8-18(17)11-16(14)10-15/h1-2,4,8,11-12,14-15,17H,3,5-7,9-10H2,(H2,20,21). The van der Waals surface area contributed by atoms with Crippen LogP contribution in [0.15, 0.2) is 47.1 Å². The Morgan fingerprint density at radius 2 is 1.90 bits per heavy atom. The smallest absolute Gasteiger partial charge is 0.220 e. The number of rotatable bonds is 1. The molecule has 0 aromatic heterocycles. The predicted molar refractivity (Wildman–Crippen MR) is 84.2 cm³/mol. The number of carbonyl (C=O) groups is 1. The maximum atomic E-state index is 11.5. The van der Waals surface area contributed by atoms with E-state index in [0.717, 1.165) is 31.1 Å². The Labute approximate surface area is 126 Å². The van der Waals surface area contributed by atoms with Crippen molar-refractivity contribution >= 4 is 5.91 Å². The summed E-state index contributed by atoms with van der Waals surface area (Å²) in [6.45, 7) is 0. The van der Waals surface area contributed by atoms with Crippen LogP contribution < -0.4 is 5.73 Å². The lowest BCUT2D eigenvalue weighted by molar-refractivity contribution is -0.122. The molecular formula is C19H23NO. The number of hydrogen-bond acceptors (Lipinski definition) is 1. The minimum Gasteiger partial charge on any atom is -0.369 e. The van der Waals surface area contributed by atoms with Gasteiger partial charge in [-0.3, -0.25) is 4.79 Å². The zero-order valence-corrected chi connectivity index (χ0v) is 12.4. The summed E-state index contributed by atoms with van der Waals surface area (Å²) in [5, 5.41) is 0. The summed E-state index contributed by atoms with van der Waals surface area (Å²) in [6, 6.07) is 0. The molecule has 0 aliphatic heterocycles. The van der Waals surface area contributed by atoms with Crippen molar-refractivity contribution in [3.8, 4) is 0 Å². The first-order chi connectivity index (χ1) is 10.2. The molecule has 0 radical (unpaired) electrons. The molecule has 1 fully saturated rings. The van der Waals surface area contributed by atoms with Crippen molar-refractivity contribution < 1.29 is 4.79 Å². The number of hydrogen-bond donors (Lipinski definition) is 1. The minimum atomic E-state index is -0.116. The van der Waals surface area contributed by atoms with Crippen LogP contribution in [-0.4, -0.2) is 5.91 Å². The van der Waals surface area contributed by atoms with Crippen LogP contribution in [0.1, 0.15) is 38.5 Å². The molecule has 0 spiro atoms. The van der Waals surface area contributed by atoms with Gasteiger partial charge in [0.2, 0.25) is 5.91 Å². The zero-order chi connectivity index (χ0) is 14.4. The van der Waals surface area contributed by atoms with Crippen LogP contribution >= 0.6 is 0 Å². The van der Waals surface area contributed by atoms with Crippen LogP contribution in [0.25, 0.3) is 0 Å². The Morgan fingerprint density at radius 1 is 1.05 bits per heavy atom. The van der Waals surface area contributed by atoms with E-state index in [2.05, 4.69) is 30.4 Å². The molecule has 4 aliphatic carbocycles. The summed E-state index contributed by atoms with van der Waals surface area (Å²) in [5.41, 5.74) is 10.0. The molecule has 2 heteroatoms. The third-order valence-corrected chi connectivity index (χ3v) is 5.88. The predicted octanol–water partition coefficient (Wildman–Crippen LogP) is 3.67. The number of primary amides is 1. The second kappa shape index (κ2) is 5.01. The monoisotopic (exact) mass is 281 g/mol. The molecule has 4 rings (SSSR count). The molecule has 21 heavy (non-hydrogen) atoms. The molecule has 0 heterocycles. The topological polar surface area (TPSA) is 43.1 Å². The van der Waals surface area contributed by atoms with E-state index in [-0.39, 0.29) is 11.8 Å². The molecule has 1 saturated carbocycles. The molecule has 4 unspecified atom stereocenters. The molecule has 4 aliphatic rings. The average Bonchev–Trinajstić information content (AvgIpc) is 2.50. The van der Waals surface area contributed by atoms with E-state index in [1.54, 1.807) is 0 Å². The van der Waals surface area contributed by atoms with Crippen molar-refractivity contribution in [2.75, 3.05) is 0 Å². The Hall–Kier alpha value is -1.57. The van der Waals surface area contributed by atoms with Crippen molar-refractivity contribution in [1.82, 2.24) is 0 Å². The van der Waals surface area contributed by atoms with E-state index in [4.69, 9.17) is 5.73 Å². The third kappa shape index (κ3) is 2.31. The number of fused-ring (bicyclic) bond motifs is 3.